The summed E-state index contributed by atoms with van der Waals surface area (Å²) in [5, 5.41) is 4.88. The van der Waals surface area contributed by atoms with E-state index in [1.165, 1.54) is 85.5 Å². The van der Waals surface area contributed by atoms with Crippen LogP contribution in [0.2, 0.25) is 0 Å². The lowest BCUT2D eigenvalue weighted by atomic mass is 9.93. The first-order valence-electron chi connectivity index (χ1n) is 21.3. The Morgan fingerprint density at radius 3 is 2.17 bits per heavy atom. The molecule has 0 spiro atoms. The number of rotatable bonds is 6. The number of aryl methyl sites for hydroxylation is 1. The van der Waals surface area contributed by atoms with Gasteiger partial charge in [0.25, 0.3) is 0 Å². The van der Waals surface area contributed by atoms with Gasteiger partial charge in [-0.1, -0.05) is 166 Å². The summed E-state index contributed by atoms with van der Waals surface area (Å²) in [7, 11) is 0. The van der Waals surface area contributed by atoms with Crippen LogP contribution in [0.4, 0.5) is 0 Å². The van der Waals surface area contributed by atoms with E-state index in [-0.39, 0.29) is 0 Å². The van der Waals surface area contributed by atoms with Crippen LogP contribution in [-0.2, 0) is 6.54 Å². The highest BCUT2D eigenvalue weighted by atomic mass is 16.3. The number of benzene rings is 6. The molecule has 6 aromatic carbocycles. The lowest BCUT2D eigenvalue weighted by Crippen LogP contribution is -2.11. The molecule has 59 heavy (non-hydrogen) atoms. The molecule has 0 fully saturated rings. The van der Waals surface area contributed by atoms with E-state index < -0.39 is 0 Å². The first kappa shape index (κ1) is 42.6. The van der Waals surface area contributed by atoms with E-state index in [1.807, 2.05) is 19.1 Å². The van der Waals surface area contributed by atoms with E-state index in [2.05, 4.69) is 185 Å². The normalized spacial score (nSPS) is 13.8. The number of para-hydroxylation sites is 1. The molecule has 300 valence electrons. The molecular formula is C56H60N2O. The average molecular weight is 777 g/mol. The largest absolute Gasteiger partial charge is 0.456 e. The van der Waals surface area contributed by atoms with Gasteiger partial charge in [-0.15, -0.1) is 0 Å². The van der Waals surface area contributed by atoms with Crippen molar-refractivity contribution in [3.63, 3.8) is 0 Å². The predicted octanol–water partition coefficient (Wildman–Crippen LogP) is 15.2. The van der Waals surface area contributed by atoms with Gasteiger partial charge in [0, 0.05) is 23.4 Å². The van der Waals surface area contributed by atoms with Crippen LogP contribution >= 0.6 is 0 Å². The molecule has 0 amide bonds. The fraction of sp³-hybridized carbons (Fsp3) is 0.214. The van der Waals surface area contributed by atoms with Gasteiger partial charge in [-0.05, 0) is 138 Å². The van der Waals surface area contributed by atoms with Crippen molar-refractivity contribution in [1.82, 2.24) is 0 Å². The van der Waals surface area contributed by atoms with E-state index >= 15 is 0 Å². The van der Waals surface area contributed by atoms with E-state index in [9.17, 15) is 0 Å². The summed E-state index contributed by atoms with van der Waals surface area (Å²) < 4.78 is 6.11. The molecule has 1 aromatic heterocycles. The Morgan fingerprint density at radius 2 is 1.39 bits per heavy atom. The van der Waals surface area contributed by atoms with E-state index in [1.54, 1.807) is 0 Å². The van der Waals surface area contributed by atoms with E-state index in [4.69, 9.17) is 15.9 Å². The molecule has 2 aliphatic rings. The molecular weight excluding hydrogens is 717 g/mol. The van der Waals surface area contributed by atoms with Crippen LogP contribution in [-0.4, -0.2) is 6.04 Å². The van der Waals surface area contributed by atoms with Crippen molar-refractivity contribution in [1.29, 1.82) is 0 Å². The Labute approximate surface area is 352 Å². The average Bonchev–Trinajstić information content (AvgIpc) is 3.47. The molecule has 0 bridgehead atoms. The molecule has 0 unspecified atom stereocenters. The Kier molecular flexibility index (Phi) is 15.6. The molecule has 3 nitrogen and oxygen atoms in total. The molecule has 0 radical (unpaired) electrons. The van der Waals surface area contributed by atoms with Gasteiger partial charge in [0.2, 0.25) is 0 Å². The fourth-order valence-corrected chi connectivity index (χ4v) is 7.17. The Hall–Kier alpha value is -6.00. The van der Waals surface area contributed by atoms with Crippen LogP contribution in [0, 0.1) is 6.92 Å². The summed E-state index contributed by atoms with van der Waals surface area (Å²) in [5.74, 6) is 0. The SMILES string of the molecule is CCC1=CC=CCC=C1.CC[C@@H](C)N.Cc1cc(-c2ccc3ccccc3c2)cc(-c2cccc3oc4ccccc4c23)c1.NCc1ccc(C2=CCCCC=C2)cc1. The highest BCUT2D eigenvalue weighted by molar-refractivity contribution is 6.12. The molecule has 0 saturated heterocycles. The predicted molar refractivity (Wildman–Crippen MR) is 257 cm³/mol. The second-order valence-electron chi connectivity index (χ2n) is 15.4. The van der Waals surface area contributed by atoms with Crippen molar-refractivity contribution in [3.8, 4) is 22.3 Å². The summed E-state index contributed by atoms with van der Waals surface area (Å²) in [6, 6.07) is 45.6. The highest BCUT2D eigenvalue weighted by Gasteiger charge is 2.13. The summed E-state index contributed by atoms with van der Waals surface area (Å²) in [6.45, 7) is 9.04. The van der Waals surface area contributed by atoms with Gasteiger partial charge in [-0.3, -0.25) is 0 Å². The first-order valence-corrected chi connectivity index (χ1v) is 21.3. The molecule has 2 aliphatic carbocycles. The number of fused-ring (bicyclic) bond motifs is 4. The minimum absolute atomic E-state index is 0.384. The lowest BCUT2D eigenvalue weighted by Gasteiger charge is -2.10. The smallest absolute Gasteiger partial charge is 0.136 e. The maximum absolute atomic E-state index is 6.11. The summed E-state index contributed by atoms with van der Waals surface area (Å²) in [4.78, 5) is 0. The van der Waals surface area contributed by atoms with Gasteiger partial charge in [0.1, 0.15) is 11.2 Å². The van der Waals surface area contributed by atoms with E-state index in [0.717, 1.165) is 35.8 Å². The van der Waals surface area contributed by atoms with E-state index in [0.29, 0.717) is 12.6 Å². The van der Waals surface area contributed by atoms with Crippen LogP contribution in [0.15, 0.2) is 186 Å². The third-order valence-electron chi connectivity index (χ3n) is 10.7. The minimum atomic E-state index is 0.384. The standard InChI is InChI=1S/C29H20O.C14H17N.C9H12.C4H11N/c1-19-15-23(22-14-13-20-7-2-3-8-21(20)17-22)18-24(16-19)25-10-6-12-28-29(25)26-9-4-5-11-27(26)30-28;15-11-12-7-9-14(10-8-12)13-5-3-1-2-4-6-13;1-2-9-7-5-3-4-6-8-9;1-3-4(2)5/h2-18H,1H3;3,5-10H,1-2,4,11,15H2;3,5-8H,2,4H2,1H3;4H,3,5H2,1-2H3/t;;;4-/m...1/s1. The van der Waals surface area contributed by atoms with Crippen molar-refractivity contribution in [2.24, 2.45) is 11.5 Å². The zero-order valence-corrected chi connectivity index (χ0v) is 35.3. The van der Waals surface area contributed by atoms with Crippen molar-refractivity contribution < 1.29 is 4.42 Å². The molecule has 0 saturated carbocycles. The van der Waals surface area contributed by atoms with Crippen LogP contribution in [0.25, 0.3) is 60.5 Å². The van der Waals surface area contributed by atoms with Crippen LogP contribution in [0.1, 0.15) is 76.0 Å². The molecule has 1 heterocycles. The van der Waals surface area contributed by atoms with Gasteiger partial charge < -0.3 is 15.9 Å². The van der Waals surface area contributed by atoms with Crippen molar-refractivity contribution in [3.05, 3.63) is 198 Å². The summed E-state index contributed by atoms with van der Waals surface area (Å²) in [6.07, 6.45) is 24.6. The number of nitrogens with two attached hydrogens (primary N) is 2. The first-order chi connectivity index (χ1) is 28.9. The Morgan fingerprint density at radius 1 is 0.661 bits per heavy atom. The zero-order valence-electron chi connectivity index (χ0n) is 35.3. The quantitative estimate of drug-likeness (QED) is 0.177. The second kappa shape index (κ2) is 21.7. The maximum atomic E-state index is 6.11. The van der Waals surface area contributed by atoms with Gasteiger partial charge in [0.05, 0.1) is 0 Å². The summed E-state index contributed by atoms with van der Waals surface area (Å²) >= 11 is 0. The number of allylic oxidation sites excluding steroid dienone is 10. The highest BCUT2D eigenvalue weighted by Crippen LogP contribution is 2.38. The second-order valence-corrected chi connectivity index (χ2v) is 15.4. The molecule has 7 aromatic rings. The van der Waals surface area contributed by atoms with Crippen LogP contribution in [0.3, 0.4) is 0 Å². The zero-order chi connectivity index (χ0) is 41.4. The Balaban J connectivity index is 0.000000167. The summed E-state index contributed by atoms with van der Waals surface area (Å²) in [5.41, 5.74) is 24.1. The third-order valence-corrected chi connectivity index (χ3v) is 10.7. The molecule has 0 aliphatic heterocycles. The third kappa shape index (κ3) is 11.8. The van der Waals surface area contributed by atoms with Gasteiger partial charge in [0.15, 0.2) is 0 Å². The minimum Gasteiger partial charge on any atom is -0.456 e. The number of furan rings is 1. The van der Waals surface area contributed by atoms with Gasteiger partial charge in [-0.25, -0.2) is 0 Å². The van der Waals surface area contributed by atoms with Crippen molar-refractivity contribution >= 4 is 38.3 Å². The van der Waals surface area contributed by atoms with Crippen molar-refractivity contribution in [2.75, 3.05) is 0 Å². The van der Waals surface area contributed by atoms with Crippen molar-refractivity contribution in [2.45, 2.75) is 78.8 Å². The lowest BCUT2D eigenvalue weighted by molar-refractivity contribution is 0.669. The Bertz CT molecular complexity index is 2590. The monoisotopic (exact) mass is 776 g/mol. The molecule has 1 atom stereocenters. The van der Waals surface area contributed by atoms with Crippen LogP contribution in [0.5, 0.6) is 0 Å². The molecule has 4 N–H and O–H groups in total. The maximum Gasteiger partial charge on any atom is 0.136 e. The number of hydrogen-bond donors (Lipinski definition) is 2. The topological polar surface area (TPSA) is 65.2 Å². The van der Waals surface area contributed by atoms with Gasteiger partial charge >= 0.3 is 0 Å². The fourth-order valence-electron chi connectivity index (χ4n) is 7.17. The van der Waals surface area contributed by atoms with Crippen LogP contribution < -0.4 is 11.5 Å². The molecule has 9 rings (SSSR count). The molecule has 3 heteroatoms. The number of hydrogen-bond acceptors (Lipinski definition) is 3. The van der Waals surface area contributed by atoms with Gasteiger partial charge in [-0.2, -0.15) is 0 Å².